The van der Waals surface area contributed by atoms with Crippen molar-refractivity contribution < 1.29 is 14.6 Å². The molecule has 1 saturated carbocycles. The van der Waals surface area contributed by atoms with Gasteiger partial charge in [0.15, 0.2) is 0 Å². The van der Waals surface area contributed by atoms with Crippen molar-refractivity contribution in [2.45, 2.75) is 38.2 Å². The number of methoxy groups -OCH3 is 1. The maximum absolute atomic E-state index is 11.6. The predicted octanol–water partition coefficient (Wildman–Crippen LogP) is 4.19. The van der Waals surface area contributed by atoms with Crippen LogP contribution in [0.2, 0.25) is 0 Å². The van der Waals surface area contributed by atoms with Gasteiger partial charge in [0.25, 0.3) is 0 Å². The molecule has 0 spiro atoms. The smallest absolute Gasteiger partial charge is 0.133 e. The quantitative estimate of drug-likeness (QED) is 0.742. The van der Waals surface area contributed by atoms with E-state index in [2.05, 4.69) is 0 Å². The molecule has 1 aromatic heterocycles. The van der Waals surface area contributed by atoms with Crippen LogP contribution in [0.1, 0.15) is 36.9 Å². The lowest BCUT2D eigenvalue weighted by atomic mass is 9.82. The molecule has 3 aromatic rings. The van der Waals surface area contributed by atoms with Gasteiger partial charge in [-0.25, -0.2) is 4.68 Å². The molecule has 0 saturated heterocycles. The minimum Gasteiger partial charge on any atom is -0.497 e. The average molecular weight is 376 g/mol. The van der Waals surface area contributed by atoms with Gasteiger partial charge >= 0.3 is 0 Å². The zero-order valence-corrected chi connectivity index (χ0v) is 16.2. The Labute approximate surface area is 164 Å². The van der Waals surface area contributed by atoms with Crippen molar-refractivity contribution >= 4 is 5.78 Å². The molecule has 2 aromatic carbocycles. The highest BCUT2D eigenvalue weighted by Gasteiger charge is 2.37. The summed E-state index contributed by atoms with van der Waals surface area (Å²) in [5, 5.41) is 15.9. The van der Waals surface area contributed by atoms with Crippen LogP contribution in [0.3, 0.4) is 0 Å². The van der Waals surface area contributed by atoms with Crippen molar-refractivity contribution in [3.05, 3.63) is 65.9 Å². The van der Waals surface area contributed by atoms with Crippen LogP contribution in [0.4, 0.5) is 0 Å². The third kappa shape index (κ3) is 3.45. The van der Waals surface area contributed by atoms with Gasteiger partial charge in [-0.1, -0.05) is 17.7 Å². The number of ketones is 1. The fourth-order valence-electron chi connectivity index (χ4n) is 3.66. The van der Waals surface area contributed by atoms with Crippen molar-refractivity contribution in [2.75, 3.05) is 7.11 Å². The summed E-state index contributed by atoms with van der Waals surface area (Å²) in [6.45, 7) is 2.05. The Morgan fingerprint density at radius 2 is 1.68 bits per heavy atom. The van der Waals surface area contributed by atoms with E-state index in [1.807, 2.05) is 66.2 Å². The Balaban J connectivity index is 1.81. The van der Waals surface area contributed by atoms with Gasteiger partial charge in [-0.15, -0.1) is 0 Å². The number of Topliss-reactive ketones (excluding diaryl/α,β-unsaturated/α-hetero) is 1. The van der Waals surface area contributed by atoms with Gasteiger partial charge < -0.3 is 9.84 Å². The Morgan fingerprint density at radius 3 is 2.29 bits per heavy atom. The summed E-state index contributed by atoms with van der Waals surface area (Å²) in [6, 6.07) is 17.9. The van der Waals surface area contributed by atoms with E-state index in [0.29, 0.717) is 31.4 Å². The first-order valence-electron chi connectivity index (χ1n) is 9.55. The van der Waals surface area contributed by atoms with Crippen LogP contribution in [0, 0.1) is 6.92 Å². The molecule has 0 unspecified atom stereocenters. The molecule has 1 heterocycles. The Bertz CT molecular complexity index is 978. The zero-order chi connectivity index (χ0) is 19.7. The first-order valence-corrected chi connectivity index (χ1v) is 9.55. The van der Waals surface area contributed by atoms with E-state index in [1.54, 1.807) is 7.11 Å². The summed E-state index contributed by atoms with van der Waals surface area (Å²) in [5.41, 5.74) is 3.53. The van der Waals surface area contributed by atoms with Crippen molar-refractivity contribution in [2.24, 2.45) is 0 Å². The fourth-order valence-corrected chi connectivity index (χ4v) is 3.66. The molecule has 28 heavy (non-hydrogen) atoms. The number of aromatic nitrogens is 2. The largest absolute Gasteiger partial charge is 0.497 e. The van der Waals surface area contributed by atoms with Crippen LogP contribution >= 0.6 is 0 Å². The highest BCUT2D eigenvalue weighted by Crippen LogP contribution is 2.37. The van der Waals surface area contributed by atoms with E-state index < -0.39 is 5.60 Å². The van der Waals surface area contributed by atoms with Gasteiger partial charge in [0.05, 0.1) is 24.2 Å². The topological polar surface area (TPSA) is 64.3 Å². The van der Waals surface area contributed by atoms with E-state index in [9.17, 15) is 9.90 Å². The third-order valence-electron chi connectivity index (χ3n) is 5.49. The zero-order valence-electron chi connectivity index (χ0n) is 16.2. The Morgan fingerprint density at radius 1 is 1.04 bits per heavy atom. The molecule has 0 radical (unpaired) electrons. The minimum absolute atomic E-state index is 0.207. The lowest BCUT2D eigenvalue weighted by Gasteiger charge is -2.29. The first kappa shape index (κ1) is 18.4. The summed E-state index contributed by atoms with van der Waals surface area (Å²) >= 11 is 0. The van der Waals surface area contributed by atoms with Gasteiger partial charge in [-0.05, 0) is 62.2 Å². The maximum Gasteiger partial charge on any atom is 0.133 e. The Hall–Kier alpha value is -2.92. The lowest BCUT2D eigenvalue weighted by molar-refractivity contribution is -0.125. The molecule has 1 aliphatic rings. The molecule has 0 bridgehead atoms. The fraction of sp³-hybridized carbons (Fsp3) is 0.304. The van der Waals surface area contributed by atoms with E-state index >= 15 is 0 Å². The van der Waals surface area contributed by atoms with Crippen molar-refractivity contribution in [3.63, 3.8) is 0 Å². The van der Waals surface area contributed by atoms with Crippen molar-refractivity contribution in [1.82, 2.24) is 9.78 Å². The van der Waals surface area contributed by atoms with Crippen LogP contribution in [0.15, 0.2) is 54.6 Å². The standard InChI is InChI=1S/C23H24N2O3/c1-16-3-7-18(8-4-16)25-21(17-5-9-20(28-2)10-6-17)15-22(24-25)23(27)13-11-19(26)12-14-23/h3-10,15,27H,11-14H2,1-2H3. The molecule has 0 amide bonds. The molecule has 1 fully saturated rings. The number of nitrogens with zero attached hydrogens (tertiary/aromatic N) is 2. The summed E-state index contributed by atoms with van der Waals surface area (Å²) in [4.78, 5) is 11.6. The Kier molecular flexibility index (Phi) is 4.77. The van der Waals surface area contributed by atoms with Gasteiger partial charge in [0.2, 0.25) is 0 Å². The van der Waals surface area contributed by atoms with E-state index in [0.717, 1.165) is 22.7 Å². The third-order valence-corrected chi connectivity index (χ3v) is 5.49. The number of hydrogen-bond acceptors (Lipinski definition) is 4. The van der Waals surface area contributed by atoms with Gasteiger partial charge in [-0.2, -0.15) is 5.10 Å². The van der Waals surface area contributed by atoms with Gasteiger partial charge in [0, 0.05) is 18.4 Å². The average Bonchev–Trinajstić information content (AvgIpc) is 3.17. The highest BCUT2D eigenvalue weighted by atomic mass is 16.5. The van der Waals surface area contributed by atoms with Crippen LogP contribution in [-0.4, -0.2) is 27.8 Å². The number of ether oxygens (including phenoxy) is 1. The minimum atomic E-state index is -1.06. The number of aliphatic hydroxyl groups is 1. The normalized spacial score (nSPS) is 16.2. The highest BCUT2D eigenvalue weighted by molar-refractivity contribution is 5.79. The molecule has 1 N–H and O–H groups in total. The summed E-state index contributed by atoms with van der Waals surface area (Å²) in [7, 11) is 1.64. The van der Waals surface area contributed by atoms with Crippen LogP contribution < -0.4 is 4.74 Å². The first-order chi connectivity index (χ1) is 13.5. The van der Waals surface area contributed by atoms with Crippen molar-refractivity contribution in [1.29, 1.82) is 0 Å². The van der Waals surface area contributed by atoms with Crippen LogP contribution in [0.25, 0.3) is 16.9 Å². The van der Waals surface area contributed by atoms with Crippen LogP contribution in [-0.2, 0) is 10.4 Å². The van der Waals surface area contributed by atoms with Gasteiger partial charge in [0.1, 0.15) is 17.1 Å². The molecule has 0 aliphatic heterocycles. The number of carbonyl (C=O) groups is 1. The van der Waals surface area contributed by atoms with E-state index in [1.165, 1.54) is 5.56 Å². The van der Waals surface area contributed by atoms with Crippen molar-refractivity contribution in [3.8, 4) is 22.7 Å². The SMILES string of the molecule is COc1ccc(-c2cc(C3(O)CCC(=O)CC3)nn2-c2ccc(C)cc2)cc1. The molecule has 5 heteroatoms. The predicted molar refractivity (Wildman–Crippen MR) is 108 cm³/mol. The second-order valence-electron chi connectivity index (χ2n) is 7.46. The van der Waals surface area contributed by atoms with Crippen LogP contribution in [0.5, 0.6) is 5.75 Å². The number of aryl methyl sites for hydroxylation is 1. The number of carbonyl (C=O) groups excluding carboxylic acids is 1. The summed E-state index contributed by atoms with van der Waals surface area (Å²) < 4.78 is 7.13. The molecule has 4 rings (SSSR count). The summed E-state index contributed by atoms with van der Waals surface area (Å²) in [6.07, 6.45) is 1.62. The molecule has 1 aliphatic carbocycles. The van der Waals surface area contributed by atoms with E-state index in [-0.39, 0.29) is 5.78 Å². The second kappa shape index (κ2) is 7.24. The second-order valence-corrected chi connectivity index (χ2v) is 7.46. The van der Waals surface area contributed by atoms with E-state index in [4.69, 9.17) is 9.84 Å². The molecular formula is C23H24N2O3. The maximum atomic E-state index is 11.6. The molecule has 5 nitrogen and oxygen atoms in total. The number of benzene rings is 2. The summed E-state index contributed by atoms with van der Waals surface area (Å²) in [5.74, 6) is 0.993. The number of rotatable bonds is 4. The molecule has 0 atom stereocenters. The molecule has 144 valence electrons. The lowest BCUT2D eigenvalue weighted by Crippen LogP contribution is -2.32. The number of hydrogen-bond donors (Lipinski definition) is 1. The monoisotopic (exact) mass is 376 g/mol. The van der Waals surface area contributed by atoms with Gasteiger partial charge in [-0.3, -0.25) is 4.79 Å². The molecular weight excluding hydrogens is 352 g/mol.